The fraction of sp³-hybridized carbons (Fsp3) is 0.545. The van der Waals surface area contributed by atoms with Gasteiger partial charge in [-0.05, 0) is 22.4 Å². The van der Waals surface area contributed by atoms with Crippen molar-refractivity contribution < 1.29 is 14.3 Å². The van der Waals surface area contributed by atoms with Crippen LogP contribution in [0.5, 0.6) is 0 Å². The van der Waals surface area contributed by atoms with Crippen LogP contribution in [-0.4, -0.2) is 36.7 Å². The number of rotatable bonds is 6. The van der Waals surface area contributed by atoms with Gasteiger partial charge < -0.3 is 14.8 Å². The van der Waals surface area contributed by atoms with Crippen molar-refractivity contribution in [3.05, 3.63) is 16.0 Å². The minimum Gasteiger partial charge on any atom is -0.463 e. The summed E-state index contributed by atoms with van der Waals surface area (Å²) in [5.41, 5.74) is 0.603. The second-order valence-corrected chi connectivity index (χ2v) is 4.30. The Morgan fingerprint density at radius 3 is 2.67 bits per heavy atom. The Bertz CT molecular complexity index is 426. The molecule has 1 rings (SSSR count). The second-order valence-electron chi connectivity index (χ2n) is 3.51. The molecule has 100 valence electrons. The largest absolute Gasteiger partial charge is 0.463 e. The van der Waals surface area contributed by atoms with Crippen molar-refractivity contribution in [1.29, 1.82) is 0 Å². The molecule has 1 N–H and O–H groups in total. The Morgan fingerprint density at radius 2 is 2.11 bits per heavy atom. The standard InChI is InChI=1S/C11H16BrN3O3/c1-4-5-13-9-8(12)7(6-17-2)14-10(15-9)11(16)18-3/h4-6H2,1-3H3,(H,13,14,15). The molecule has 0 aromatic carbocycles. The number of anilines is 1. The van der Waals surface area contributed by atoms with Crippen LogP contribution in [0.3, 0.4) is 0 Å². The smallest absolute Gasteiger partial charge is 0.376 e. The van der Waals surface area contributed by atoms with Crippen LogP contribution in [0.1, 0.15) is 29.7 Å². The molecule has 0 spiro atoms. The molecule has 18 heavy (non-hydrogen) atoms. The van der Waals surface area contributed by atoms with Crippen LogP contribution in [0.4, 0.5) is 5.82 Å². The molecule has 0 amide bonds. The van der Waals surface area contributed by atoms with Gasteiger partial charge in [0, 0.05) is 13.7 Å². The first kappa shape index (κ1) is 14.8. The zero-order valence-corrected chi connectivity index (χ0v) is 12.2. The highest BCUT2D eigenvalue weighted by Gasteiger charge is 2.17. The predicted molar refractivity (Wildman–Crippen MR) is 70.6 cm³/mol. The first-order chi connectivity index (χ1) is 8.63. The molecule has 1 heterocycles. The molecule has 0 aliphatic carbocycles. The normalized spacial score (nSPS) is 10.2. The summed E-state index contributed by atoms with van der Waals surface area (Å²) in [7, 11) is 2.86. The van der Waals surface area contributed by atoms with Crippen molar-refractivity contribution >= 4 is 27.7 Å². The van der Waals surface area contributed by atoms with E-state index in [1.807, 2.05) is 6.92 Å². The minimum atomic E-state index is -0.570. The van der Waals surface area contributed by atoms with E-state index in [-0.39, 0.29) is 12.4 Å². The minimum absolute atomic E-state index is 0.0198. The summed E-state index contributed by atoms with van der Waals surface area (Å²) in [4.78, 5) is 19.7. The number of aromatic nitrogens is 2. The highest BCUT2D eigenvalue weighted by Crippen LogP contribution is 2.24. The first-order valence-corrected chi connectivity index (χ1v) is 6.30. The average molecular weight is 318 g/mol. The zero-order valence-electron chi connectivity index (χ0n) is 10.6. The lowest BCUT2D eigenvalue weighted by molar-refractivity contribution is 0.0585. The molecular weight excluding hydrogens is 302 g/mol. The highest BCUT2D eigenvalue weighted by molar-refractivity contribution is 9.10. The van der Waals surface area contributed by atoms with Crippen molar-refractivity contribution in [3.8, 4) is 0 Å². The molecule has 1 aromatic heterocycles. The Balaban J connectivity index is 3.14. The van der Waals surface area contributed by atoms with Gasteiger partial charge in [-0.15, -0.1) is 0 Å². The number of methoxy groups -OCH3 is 2. The topological polar surface area (TPSA) is 73.3 Å². The Hall–Kier alpha value is -1.21. The van der Waals surface area contributed by atoms with E-state index in [9.17, 15) is 4.79 Å². The van der Waals surface area contributed by atoms with Crippen LogP contribution in [-0.2, 0) is 16.1 Å². The van der Waals surface area contributed by atoms with Gasteiger partial charge in [-0.2, -0.15) is 0 Å². The van der Waals surface area contributed by atoms with E-state index in [4.69, 9.17) is 4.74 Å². The third kappa shape index (κ3) is 3.64. The Labute approximate surface area is 114 Å². The molecule has 1 aromatic rings. The van der Waals surface area contributed by atoms with E-state index in [1.54, 1.807) is 7.11 Å². The molecule has 0 atom stereocenters. The third-order valence-corrected chi connectivity index (χ3v) is 2.94. The molecule has 0 bridgehead atoms. The van der Waals surface area contributed by atoms with Gasteiger partial charge in [0.05, 0.1) is 23.9 Å². The summed E-state index contributed by atoms with van der Waals surface area (Å²) in [5, 5.41) is 3.12. The summed E-state index contributed by atoms with van der Waals surface area (Å²) >= 11 is 3.40. The van der Waals surface area contributed by atoms with Gasteiger partial charge >= 0.3 is 5.97 Å². The fourth-order valence-corrected chi connectivity index (χ4v) is 1.70. The van der Waals surface area contributed by atoms with Gasteiger partial charge in [0.1, 0.15) is 5.82 Å². The first-order valence-electron chi connectivity index (χ1n) is 5.51. The van der Waals surface area contributed by atoms with Crippen LogP contribution >= 0.6 is 15.9 Å². The number of halogens is 1. The summed E-state index contributed by atoms with van der Waals surface area (Å²) in [5.74, 6) is 0.0186. The monoisotopic (exact) mass is 317 g/mol. The lowest BCUT2D eigenvalue weighted by Crippen LogP contribution is -2.14. The summed E-state index contributed by atoms with van der Waals surface area (Å²) in [6, 6.07) is 0. The van der Waals surface area contributed by atoms with E-state index in [1.165, 1.54) is 7.11 Å². The predicted octanol–water partition coefficient (Wildman–Crippen LogP) is 1.99. The lowest BCUT2D eigenvalue weighted by Gasteiger charge is -2.11. The maximum atomic E-state index is 11.5. The average Bonchev–Trinajstić information content (AvgIpc) is 2.39. The third-order valence-electron chi connectivity index (χ3n) is 2.11. The second kappa shape index (κ2) is 7.27. The molecule has 0 unspecified atom stereocenters. The van der Waals surface area contributed by atoms with Crippen LogP contribution in [0.15, 0.2) is 4.47 Å². The van der Waals surface area contributed by atoms with Crippen molar-refractivity contribution in [2.75, 3.05) is 26.1 Å². The van der Waals surface area contributed by atoms with Crippen molar-refractivity contribution in [1.82, 2.24) is 9.97 Å². The number of hydrogen-bond acceptors (Lipinski definition) is 6. The molecule has 0 fully saturated rings. The maximum absolute atomic E-state index is 11.5. The number of carbonyl (C=O) groups is 1. The van der Waals surface area contributed by atoms with Crippen LogP contribution in [0.2, 0.25) is 0 Å². The van der Waals surface area contributed by atoms with E-state index in [0.29, 0.717) is 16.0 Å². The molecule has 0 saturated heterocycles. The van der Waals surface area contributed by atoms with Crippen molar-refractivity contribution in [2.45, 2.75) is 20.0 Å². The van der Waals surface area contributed by atoms with E-state index < -0.39 is 5.97 Å². The molecule has 7 heteroatoms. The van der Waals surface area contributed by atoms with Gasteiger partial charge in [0.25, 0.3) is 0 Å². The number of nitrogens with zero attached hydrogens (tertiary/aromatic N) is 2. The summed E-state index contributed by atoms with van der Waals surface area (Å²) in [6.45, 7) is 3.08. The Morgan fingerprint density at radius 1 is 1.39 bits per heavy atom. The Kier molecular flexibility index (Phi) is 6.00. The summed E-state index contributed by atoms with van der Waals surface area (Å²) < 4.78 is 10.4. The number of nitrogens with one attached hydrogen (secondary N) is 1. The van der Waals surface area contributed by atoms with Gasteiger partial charge in [-0.1, -0.05) is 6.92 Å². The molecule has 0 saturated carbocycles. The molecule has 0 aliphatic heterocycles. The van der Waals surface area contributed by atoms with Gasteiger partial charge in [0.15, 0.2) is 0 Å². The summed E-state index contributed by atoms with van der Waals surface area (Å²) in [6.07, 6.45) is 0.948. The number of carbonyl (C=O) groups excluding carboxylic acids is 1. The SMILES string of the molecule is CCCNc1nc(C(=O)OC)nc(COC)c1Br. The van der Waals surface area contributed by atoms with Crippen LogP contribution < -0.4 is 5.32 Å². The van der Waals surface area contributed by atoms with E-state index >= 15 is 0 Å². The molecular formula is C11H16BrN3O3. The van der Waals surface area contributed by atoms with E-state index in [0.717, 1.165) is 13.0 Å². The molecule has 0 radical (unpaired) electrons. The van der Waals surface area contributed by atoms with Crippen LogP contribution in [0.25, 0.3) is 0 Å². The number of ether oxygens (including phenoxy) is 2. The quantitative estimate of drug-likeness (QED) is 0.809. The molecule has 0 aliphatic rings. The van der Waals surface area contributed by atoms with Crippen molar-refractivity contribution in [2.24, 2.45) is 0 Å². The fourth-order valence-electron chi connectivity index (χ4n) is 1.27. The van der Waals surface area contributed by atoms with E-state index in [2.05, 4.69) is 36.0 Å². The zero-order chi connectivity index (χ0) is 13.5. The number of esters is 1. The van der Waals surface area contributed by atoms with Gasteiger partial charge in [0.2, 0.25) is 5.82 Å². The number of hydrogen-bond donors (Lipinski definition) is 1. The van der Waals surface area contributed by atoms with Crippen LogP contribution in [0, 0.1) is 0 Å². The highest BCUT2D eigenvalue weighted by atomic mass is 79.9. The van der Waals surface area contributed by atoms with Gasteiger partial charge in [-0.3, -0.25) is 0 Å². The maximum Gasteiger partial charge on any atom is 0.376 e. The lowest BCUT2D eigenvalue weighted by atomic mass is 10.3. The molecule has 6 nitrogen and oxygen atoms in total. The van der Waals surface area contributed by atoms with Gasteiger partial charge in [-0.25, -0.2) is 14.8 Å². The van der Waals surface area contributed by atoms with Crippen molar-refractivity contribution in [3.63, 3.8) is 0 Å².